The number of rotatable bonds is 3. The minimum absolute atomic E-state index is 0. The van der Waals surface area contributed by atoms with Crippen molar-refractivity contribution >= 4 is 12.1 Å². The molecule has 0 spiro atoms. The van der Waals surface area contributed by atoms with Gasteiger partial charge in [-0.15, -0.1) is 6.07 Å². The fourth-order valence-electron chi connectivity index (χ4n) is 1.70. The van der Waals surface area contributed by atoms with Gasteiger partial charge in [0.05, 0.1) is 6.41 Å². The summed E-state index contributed by atoms with van der Waals surface area (Å²) in [5, 5.41) is 2.54. The van der Waals surface area contributed by atoms with E-state index in [-0.39, 0.29) is 32.7 Å². The number of amides is 1. The van der Waals surface area contributed by atoms with Gasteiger partial charge in [-0.05, 0) is 17.8 Å². The summed E-state index contributed by atoms with van der Waals surface area (Å²) in [5.41, 5.74) is 1.68. The van der Waals surface area contributed by atoms with E-state index in [1.54, 1.807) is 6.41 Å². The Labute approximate surface area is 149 Å². The second-order valence-electron chi connectivity index (χ2n) is 3.91. The van der Waals surface area contributed by atoms with Crippen LogP contribution in [0.1, 0.15) is 0 Å². The zero-order chi connectivity index (χ0) is 14.0. The number of hydrogen-bond acceptors (Lipinski definition) is 1. The van der Waals surface area contributed by atoms with Gasteiger partial charge in [-0.25, -0.2) is 0 Å². The predicted octanol–water partition coefficient (Wildman–Crippen LogP) is 3.44. The van der Waals surface area contributed by atoms with Gasteiger partial charge in [0.1, 0.15) is 0 Å². The Hall–Kier alpha value is -1.71. The molecule has 0 aliphatic rings. The molecule has 0 unspecified atom stereocenters. The van der Waals surface area contributed by atoms with Crippen molar-refractivity contribution in [2.24, 2.45) is 0 Å². The summed E-state index contributed by atoms with van der Waals surface area (Å²) in [4.78, 5) is 10.3. The molecule has 0 saturated carbocycles. The van der Waals surface area contributed by atoms with Crippen LogP contribution in [0.15, 0.2) is 79.1 Å². The molecule has 3 nitrogen and oxygen atoms in total. The molecule has 3 rings (SSSR count). The Kier molecular flexibility index (Phi) is 8.33. The molecular weight excluding hydrogens is 337 g/mol. The van der Waals surface area contributed by atoms with Crippen LogP contribution in [0.5, 0.6) is 0 Å². The molecular formula is C17H14N2OY-2. The zero-order valence-electron chi connectivity index (χ0n) is 11.4. The molecule has 0 atom stereocenters. The molecule has 0 bridgehead atoms. The van der Waals surface area contributed by atoms with Crippen molar-refractivity contribution in [2.75, 3.05) is 5.32 Å². The number of nitrogens with one attached hydrogen (secondary N) is 1. The molecule has 1 aromatic heterocycles. The van der Waals surface area contributed by atoms with E-state index in [1.165, 1.54) is 0 Å². The van der Waals surface area contributed by atoms with Crippen molar-refractivity contribution in [3.63, 3.8) is 0 Å². The molecule has 103 valence electrons. The quantitative estimate of drug-likeness (QED) is 0.569. The van der Waals surface area contributed by atoms with Crippen LogP contribution in [-0.2, 0) is 37.5 Å². The zero-order valence-corrected chi connectivity index (χ0v) is 14.3. The molecule has 1 amide bonds. The van der Waals surface area contributed by atoms with E-state index in [1.807, 2.05) is 83.7 Å². The largest absolute Gasteiger partial charge is 0.489 e. The van der Waals surface area contributed by atoms with Crippen LogP contribution in [-0.4, -0.2) is 11.0 Å². The molecule has 0 aliphatic heterocycles. The number of aromatic nitrogens is 1. The third-order valence-corrected chi connectivity index (χ3v) is 2.58. The number of carbonyl (C=O) groups excluding carboxylic acids is 1. The second-order valence-corrected chi connectivity index (χ2v) is 3.91. The predicted molar refractivity (Wildman–Crippen MR) is 80.4 cm³/mol. The fourth-order valence-corrected chi connectivity index (χ4v) is 1.70. The van der Waals surface area contributed by atoms with E-state index < -0.39 is 0 Å². The molecule has 0 fully saturated rings. The third kappa shape index (κ3) is 5.66. The van der Waals surface area contributed by atoms with Crippen LogP contribution in [0.25, 0.3) is 5.69 Å². The maximum Gasteiger partial charge on any atom is 0.0693 e. The van der Waals surface area contributed by atoms with Crippen molar-refractivity contribution in [1.82, 2.24) is 4.57 Å². The summed E-state index contributed by atoms with van der Waals surface area (Å²) in [6.07, 6.45) is 5.52. The Balaban J connectivity index is 0.000000267. The molecule has 3 aromatic rings. The van der Waals surface area contributed by atoms with E-state index >= 15 is 0 Å². The van der Waals surface area contributed by atoms with Crippen LogP contribution in [0, 0.1) is 6.07 Å². The monoisotopic (exact) mass is 351 g/mol. The molecule has 1 N–H and O–H groups in total. The van der Waals surface area contributed by atoms with Gasteiger partial charge in [0.2, 0.25) is 0 Å². The summed E-state index contributed by atoms with van der Waals surface area (Å²) in [5.74, 6) is 0. The Bertz CT molecular complexity index is 598. The molecule has 0 saturated heterocycles. The van der Waals surface area contributed by atoms with Gasteiger partial charge in [-0.1, -0.05) is 23.9 Å². The van der Waals surface area contributed by atoms with Crippen molar-refractivity contribution in [1.29, 1.82) is 0 Å². The summed E-state index contributed by atoms with van der Waals surface area (Å²) in [6.45, 7) is 0. The van der Waals surface area contributed by atoms with Crippen LogP contribution in [0.3, 0.4) is 0 Å². The first-order chi connectivity index (χ1) is 9.92. The van der Waals surface area contributed by atoms with Gasteiger partial charge in [0.25, 0.3) is 0 Å². The maximum atomic E-state index is 10.3. The van der Waals surface area contributed by atoms with Crippen molar-refractivity contribution in [3.05, 3.63) is 85.2 Å². The minimum atomic E-state index is 0. The molecule has 21 heavy (non-hydrogen) atoms. The summed E-state index contributed by atoms with van der Waals surface area (Å²) in [6, 6.07) is 23.9. The van der Waals surface area contributed by atoms with Crippen LogP contribution in [0.4, 0.5) is 5.69 Å². The molecule has 1 heterocycles. The maximum absolute atomic E-state index is 10.3. The smallest absolute Gasteiger partial charge is 0.0693 e. The van der Waals surface area contributed by atoms with E-state index in [0.717, 1.165) is 11.4 Å². The fraction of sp³-hybridized carbons (Fsp3) is 0. The Morgan fingerprint density at radius 1 is 0.905 bits per heavy atom. The molecule has 1 radical (unpaired) electrons. The first kappa shape index (κ1) is 17.3. The number of para-hydroxylation sites is 2. The Morgan fingerprint density at radius 2 is 1.57 bits per heavy atom. The van der Waals surface area contributed by atoms with Gasteiger partial charge in [-0.3, -0.25) is 0 Å². The van der Waals surface area contributed by atoms with Crippen LogP contribution < -0.4 is 5.32 Å². The third-order valence-electron chi connectivity index (χ3n) is 2.58. The molecule has 0 aliphatic carbocycles. The van der Waals surface area contributed by atoms with Crippen molar-refractivity contribution in [2.45, 2.75) is 0 Å². The molecule has 2 aromatic carbocycles. The van der Waals surface area contributed by atoms with E-state index in [2.05, 4.69) is 11.4 Å². The van der Waals surface area contributed by atoms with Gasteiger partial charge in [-0.2, -0.15) is 36.4 Å². The van der Waals surface area contributed by atoms with E-state index in [4.69, 9.17) is 0 Å². The first-order valence-electron chi connectivity index (χ1n) is 6.18. The normalized spacial score (nSPS) is 8.76. The standard InChI is InChI=1S/C11H9N2O.C6H5.Y/c14-9-12-10-5-1-2-6-11(10)13-7-3-4-8-13;1-2-4-6-5-3-1;/h1-8H,(H,12,14);1-5H;/q2*-1;. The summed E-state index contributed by atoms with van der Waals surface area (Å²) < 4.78 is 1.93. The average molecular weight is 351 g/mol. The van der Waals surface area contributed by atoms with Gasteiger partial charge < -0.3 is 14.7 Å². The summed E-state index contributed by atoms with van der Waals surface area (Å²) in [7, 11) is 0. The number of nitrogens with zero attached hydrogens (tertiary/aromatic N) is 1. The van der Waals surface area contributed by atoms with Gasteiger partial charge in [0, 0.05) is 45.1 Å². The number of hydrogen-bond donors (Lipinski definition) is 1. The topological polar surface area (TPSA) is 34.0 Å². The average Bonchev–Trinajstić information content (AvgIpc) is 3.05. The SMILES string of the molecule is O=[C-]Nc1ccccc1-n1cccc1.[Y].[c-]1ccccc1. The van der Waals surface area contributed by atoms with Crippen LogP contribution >= 0.6 is 0 Å². The van der Waals surface area contributed by atoms with E-state index in [9.17, 15) is 4.79 Å². The molecule has 4 heteroatoms. The Morgan fingerprint density at radius 3 is 2.10 bits per heavy atom. The van der Waals surface area contributed by atoms with Crippen molar-refractivity contribution in [3.8, 4) is 5.69 Å². The van der Waals surface area contributed by atoms with Crippen LogP contribution in [0.2, 0.25) is 0 Å². The van der Waals surface area contributed by atoms with Crippen molar-refractivity contribution < 1.29 is 37.5 Å². The number of benzene rings is 2. The number of anilines is 1. The summed E-state index contributed by atoms with van der Waals surface area (Å²) >= 11 is 0. The van der Waals surface area contributed by atoms with E-state index in [0.29, 0.717) is 0 Å². The minimum Gasteiger partial charge on any atom is -0.489 e. The second kappa shape index (κ2) is 10.1. The first-order valence-corrected chi connectivity index (χ1v) is 6.18. The van der Waals surface area contributed by atoms with Gasteiger partial charge in [0.15, 0.2) is 0 Å². The van der Waals surface area contributed by atoms with Gasteiger partial charge >= 0.3 is 0 Å².